The Morgan fingerprint density at radius 2 is 2.22 bits per heavy atom. The zero-order valence-corrected chi connectivity index (χ0v) is 11.1. The van der Waals surface area contributed by atoms with Gasteiger partial charge in [-0.15, -0.1) is 11.3 Å². The summed E-state index contributed by atoms with van der Waals surface area (Å²) in [7, 11) is 0. The fourth-order valence-corrected chi connectivity index (χ4v) is 2.50. The third-order valence-corrected chi connectivity index (χ3v) is 3.79. The molecule has 5 heteroatoms. The van der Waals surface area contributed by atoms with Gasteiger partial charge in [0.15, 0.2) is 0 Å². The van der Waals surface area contributed by atoms with Crippen molar-refractivity contribution in [3.05, 3.63) is 57.0 Å². The van der Waals surface area contributed by atoms with Crippen LogP contribution in [0.2, 0.25) is 5.02 Å². The smallest absolute Gasteiger partial charge is 0.141 e. The highest BCUT2D eigenvalue weighted by Crippen LogP contribution is 2.18. The van der Waals surface area contributed by atoms with Crippen LogP contribution in [0.5, 0.6) is 0 Å². The van der Waals surface area contributed by atoms with E-state index in [0.29, 0.717) is 13.1 Å². The first-order valence-electron chi connectivity index (χ1n) is 5.53. The normalized spacial score (nSPS) is 12.6. The Bertz CT molecular complexity index is 504. The van der Waals surface area contributed by atoms with Gasteiger partial charge in [-0.3, -0.25) is 0 Å². The molecule has 2 N–H and O–H groups in total. The topological polar surface area (TPSA) is 32.3 Å². The first-order chi connectivity index (χ1) is 8.66. The van der Waals surface area contributed by atoms with E-state index in [1.165, 1.54) is 17.4 Å². The van der Waals surface area contributed by atoms with Gasteiger partial charge in [0.1, 0.15) is 11.9 Å². The van der Waals surface area contributed by atoms with Gasteiger partial charge in [0.25, 0.3) is 0 Å². The number of halogens is 2. The Hall–Kier alpha value is -0.940. The molecular weight excluding hydrogens is 273 g/mol. The van der Waals surface area contributed by atoms with Crippen LogP contribution in [-0.4, -0.2) is 11.7 Å². The minimum absolute atomic E-state index is 0.119. The highest BCUT2D eigenvalue weighted by atomic mass is 35.5. The van der Waals surface area contributed by atoms with Gasteiger partial charge < -0.3 is 10.4 Å². The van der Waals surface area contributed by atoms with Crippen molar-refractivity contribution in [1.29, 1.82) is 0 Å². The summed E-state index contributed by atoms with van der Waals surface area (Å²) < 4.78 is 12.9. The molecule has 0 aliphatic rings. The number of thiophene rings is 1. The van der Waals surface area contributed by atoms with Crippen molar-refractivity contribution in [2.24, 2.45) is 0 Å². The van der Waals surface area contributed by atoms with Crippen LogP contribution in [0.3, 0.4) is 0 Å². The largest absolute Gasteiger partial charge is 0.386 e. The monoisotopic (exact) mass is 285 g/mol. The van der Waals surface area contributed by atoms with Crippen LogP contribution in [0.4, 0.5) is 4.39 Å². The average molecular weight is 286 g/mol. The molecule has 0 saturated heterocycles. The molecule has 1 atom stereocenters. The van der Waals surface area contributed by atoms with Crippen LogP contribution in [-0.2, 0) is 6.54 Å². The molecule has 0 saturated carbocycles. The van der Waals surface area contributed by atoms with Gasteiger partial charge >= 0.3 is 0 Å². The lowest BCUT2D eigenvalue weighted by Crippen LogP contribution is -2.20. The third-order valence-electron chi connectivity index (χ3n) is 2.52. The summed E-state index contributed by atoms with van der Waals surface area (Å²) >= 11 is 7.21. The van der Waals surface area contributed by atoms with E-state index in [1.807, 2.05) is 17.5 Å². The molecule has 2 nitrogen and oxygen atoms in total. The van der Waals surface area contributed by atoms with Gasteiger partial charge in [0.05, 0.1) is 5.02 Å². The Balaban J connectivity index is 1.83. The summed E-state index contributed by atoms with van der Waals surface area (Å²) in [5.74, 6) is -0.418. The molecule has 0 amide bonds. The van der Waals surface area contributed by atoms with Gasteiger partial charge in [-0.2, -0.15) is 0 Å². The molecule has 1 unspecified atom stereocenters. The number of aliphatic hydroxyl groups excluding tert-OH is 1. The Labute approximate surface area is 114 Å². The van der Waals surface area contributed by atoms with Gasteiger partial charge in [-0.25, -0.2) is 4.39 Å². The summed E-state index contributed by atoms with van der Waals surface area (Å²) in [6.45, 7) is 0.998. The molecule has 0 aliphatic heterocycles. The second kappa shape index (κ2) is 6.29. The molecule has 1 aromatic carbocycles. The van der Waals surface area contributed by atoms with Gasteiger partial charge in [-0.1, -0.05) is 23.7 Å². The molecule has 2 rings (SSSR count). The molecule has 2 aromatic rings. The van der Waals surface area contributed by atoms with Crippen molar-refractivity contribution >= 4 is 22.9 Å². The van der Waals surface area contributed by atoms with Gasteiger partial charge in [0, 0.05) is 18.0 Å². The maximum Gasteiger partial charge on any atom is 0.141 e. The number of hydrogen-bond acceptors (Lipinski definition) is 3. The predicted octanol–water partition coefficient (Wildman–Crippen LogP) is 3.36. The van der Waals surface area contributed by atoms with Crippen molar-refractivity contribution in [1.82, 2.24) is 5.32 Å². The number of nitrogens with one attached hydrogen (secondary N) is 1. The minimum Gasteiger partial charge on any atom is -0.386 e. The summed E-state index contributed by atoms with van der Waals surface area (Å²) in [4.78, 5) is 0.930. The van der Waals surface area contributed by atoms with Gasteiger partial charge in [-0.05, 0) is 29.1 Å². The van der Waals surface area contributed by atoms with E-state index < -0.39 is 11.9 Å². The Morgan fingerprint density at radius 3 is 2.89 bits per heavy atom. The zero-order valence-electron chi connectivity index (χ0n) is 9.57. The van der Waals surface area contributed by atoms with Gasteiger partial charge in [0.2, 0.25) is 0 Å². The molecule has 18 heavy (non-hydrogen) atoms. The first kappa shape index (κ1) is 13.5. The van der Waals surface area contributed by atoms with Crippen molar-refractivity contribution in [3.8, 4) is 0 Å². The van der Waals surface area contributed by atoms with E-state index in [1.54, 1.807) is 12.1 Å². The van der Waals surface area contributed by atoms with Crippen molar-refractivity contribution in [2.45, 2.75) is 12.6 Å². The summed E-state index contributed by atoms with van der Waals surface area (Å²) in [5.41, 5.74) is 0.889. The molecule has 0 radical (unpaired) electrons. The van der Waals surface area contributed by atoms with Crippen LogP contribution in [0, 0.1) is 5.82 Å². The standard InChI is InChI=1S/C13H13ClFNOS/c14-10-6-9(3-4-11(10)15)7-16-8-12(17)13-2-1-5-18-13/h1-6,12,16-17H,7-8H2. The third kappa shape index (κ3) is 3.53. The summed E-state index contributed by atoms with van der Waals surface area (Å²) in [6, 6.07) is 8.40. The molecule has 0 aliphatic carbocycles. The second-order valence-electron chi connectivity index (χ2n) is 3.91. The van der Waals surface area contributed by atoms with Crippen molar-refractivity contribution in [2.75, 3.05) is 6.54 Å². The molecule has 1 aromatic heterocycles. The fraction of sp³-hybridized carbons (Fsp3) is 0.231. The summed E-state index contributed by atoms with van der Waals surface area (Å²) in [5, 5.41) is 15.0. The predicted molar refractivity (Wildman–Crippen MR) is 72.4 cm³/mol. The van der Waals surface area contributed by atoms with E-state index >= 15 is 0 Å². The van der Waals surface area contributed by atoms with E-state index in [9.17, 15) is 9.50 Å². The SMILES string of the molecule is OC(CNCc1ccc(F)c(Cl)c1)c1cccs1. The lowest BCUT2D eigenvalue weighted by Gasteiger charge is -2.10. The van der Waals surface area contributed by atoms with E-state index in [4.69, 9.17) is 11.6 Å². The fourth-order valence-electron chi connectivity index (χ4n) is 1.58. The first-order valence-corrected chi connectivity index (χ1v) is 6.78. The van der Waals surface area contributed by atoms with Crippen molar-refractivity contribution in [3.63, 3.8) is 0 Å². The van der Waals surface area contributed by atoms with Crippen LogP contribution in [0.15, 0.2) is 35.7 Å². The van der Waals surface area contributed by atoms with Crippen LogP contribution in [0.1, 0.15) is 16.5 Å². The Morgan fingerprint density at radius 1 is 1.39 bits per heavy atom. The molecular formula is C13H13ClFNOS. The van der Waals surface area contributed by atoms with Crippen LogP contribution in [0.25, 0.3) is 0 Å². The van der Waals surface area contributed by atoms with E-state index in [0.717, 1.165) is 10.4 Å². The van der Waals surface area contributed by atoms with Crippen LogP contribution >= 0.6 is 22.9 Å². The quantitative estimate of drug-likeness (QED) is 0.883. The zero-order chi connectivity index (χ0) is 13.0. The lowest BCUT2D eigenvalue weighted by molar-refractivity contribution is 0.178. The number of hydrogen-bond donors (Lipinski definition) is 2. The minimum atomic E-state index is -0.513. The molecule has 0 fully saturated rings. The molecule has 0 bridgehead atoms. The Kier molecular flexibility index (Phi) is 4.72. The number of rotatable bonds is 5. The maximum atomic E-state index is 12.9. The van der Waals surface area contributed by atoms with E-state index in [2.05, 4.69) is 5.32 Å². The lowest BCUT2D eigenvalue weighted by atomic mass is 10.2. The van der Waals surface area contributed by atoms with E-state index in [-0.39, 0.29) is 5.02 Å². The second-order valence-corrected chi connectivity index (χ2v) is 5.30. The highest BCUT2D eigenvalue weighted by Gasteiger charge is 2.07. The highest BCUT2D eigenvalue weighted by molar-refractivity contribution is 7.10. The van der Waals surface area contributed by atoms with Crippen LogP contribution < -0.4 is 5.32 Å². The molecule has 0 spiro atoms. The summed E-state index contributed by atoms with van der Waals surface area (Å²) in [6.07, 6.45) is -0.513. The molecule has 96 valence electrons. The molecule has 1 heterocycles. The number of aliphatic hydroxyl groups is 1. The average Bonchev–Trinajstić information content (AvgIpc) is 2.87. The maximum absolute atomic E-state index is 12.9. The van der Waals surface area contributed by atoms with Crippen molar-refractivity contribution < 1.29 is 9.50 Å². The number of benzene rings is 1.